The van der Waals surface area contributed by atoms with Gasteiger partial charge in [0.15, 0.2) is 0 Å². The van der Waals surface area contributed by atoms with Crippen LogP contribution in [0.4, 0.5) is 0 Å². The summed E-state index contributed by atoms with van der Waals surface area (Å²) < 4.78 is 0. The van der Waals surface area contributed by atoms with Gasteiger partial charge in [0.1, 0.15) is 11.5 Å². The van der Waals surface area contributed by atoms with Crippen LogP contribution in [0.15, 0.2) is 30.9 Å². The number of aromatic hydroxyl groups is 1. The molecular formula is C19H22O2. The number of carbonyl (C=O) groups is 1. The first-order valence-electron chi connectivity index (χ1n) is 8.14. The van der Waals surface area contributed by atoms with Crippen LogP contribution in [0.3, 0.4) is 0 Å². The number of rotatable bonds is 1. The number of benzene rings is 1. The minimum absolute atomic E-state index is 0.227. The zero-order valence-electron chi connectivity index (χ0n) is 12.3. The topological polar surface area (TPSA) is 37.3 Å². The molecule has 0 heterocycles. The number of hydrogen-bond donors (Lipinski definition) is 1. The monoisotopic (exact) mass is 282 g/mol. The predicted octanol–water partition coefficient (Wildman–Crippen LogP) is 3.98. The Hall–Kier alpha value is -1.57. The number of ketones is 1. The van der Waals surface area contributed by atoms with Crippen molar-refractivity contribution in [1.29, 1.82) is 0 Å². The Morgan fingerprint density at radius 3 is 2.90 bits per heavy atom. The van der Waals surface area contributed by atoms with E-state index < -0.39 is 0 Å². The summed E-state index contributed by atoms with van der Waals surface area (Å²) in [7, 11) is 0. The fraction of sp³-hybridized carbons (Fsp3) is 0.526. The van der Waals surface area contributed by atoms with E-state index in [2.05, 4.69) is 12.6 Å². The molecule has 3 aliphatic carbocycles. The van der Waals surface area contributed by atoms with Gasteiger partial charge in [-0.3, -0.25) is 4.79 Å². The first-order valence-corrected chi connectivity index (χ1v) is 8.14. The summed E-state index contributed by atoms with van der Waals surface area (Å²) in [6.45, 7) is 4.01. The summed E-state index contributed by atoms with van der Waals surface area (Å²) in [5.74, 6) is 2.47. The van der Waals surface area contributed by atoms with E-state index in [1.165, 1.54) is 11.1 Å². The van der Waals surface area contributed by atoms with Crippen molar-refractivity contribution in [1.82, 2.24) is 0 Å². The maximum Gasteiger partial charge on any atom is 0.143 e. The molecule has 0 bridgehead atoms. The van der Waals surface area contributed by atoms with Crippen LogP contribution in [-0.4, -0.2) is 10.9 Å². The smallest absolute Gasteiger partial charge is 0.143 e. The number of carbonyl (C=O) groups excluding carboxylic acids is 1. The highest BCUT2D eigenvalue weighted by molar-refractivity contribution is 5.89. The fourth-order valence-electron chi connectivity index (χ4n) is 5.44. The lowest BCUT2D eigenvalue weighted by atomic mass is 9.55. The van der Waals surface area contributed by atoms with Crippen molar-refractivity contribution in [3.05, 3.63) is 42.0 Å². The van der Waals surface area contributed by atoms with Crippen LogP contribution in [-0.2, 0) is 11.2 Å². The standard InChI is InChI=1S/C19H22O2/c1-2-19-10-9-15-14-6-4-13(20)11-12(14)3-5-16(15)17(19)7-8-18(19)21/h2,4,6,11,15-17,20H,1,3,5,7-10H2. The average molecular weight is 282 g/mol. The van der Waals surface area contributed by atoms with Crippen LogP contribution < -0.4 is 0 Å². The van der Waals surface area contributed by atoms with E-state index in [9.17, 15) is 9.90 Å². The molecule has 4 rings (SSSR count). The highest BCUT2D eigenvalue weighted by atomic mass is 16.3. The third kappa shape index (κ3) is 1.68. The Balaban J connectivity index is 1.74. The second kappa shape index (κ2) is 4.46. The van der Waals surface area contributed by atoms with E-state index in [0.29, 0.717) is 29.3 Å². The molecule has 3 aliphatic rings. The van der Waals surface area contributed by atoms with E-state index in [1.54, 1.807) is 0 Å². The molecule has 0 radical (unpaired) electrons. The molecule has 0 amide bonds. The molecule has 2 saturated carbocycles. The van der Waals surface area contributed by atoms with Crippen LogP contribution in [0.1, 0.15) is 49.1 Å². The molecule has 2 fully saturated rings. The fourth-order valence-corrected chi connectivity index (χ4v) is 5.44. The van der Waals surface area contributed by atoms with Crippen molar-refractivity contribution in [2.24, 2.45) is 17.3 Å². The van der Waals surface area contributed by atoms with Crippen LogP contribution >= 0.6 is 0 Å². The molecule has 21 heavy (non-hydrogen) atoms. The van der Waals surface area contributed by atoms with E-state index in [1.807, 2.05) is 18.2 Å². The van der Waals surface area contributed by atoms with Gasteiger partial charge in [0, 0.05) is 11.8 Å². The van der Waals surface area contributed by atoms with E-state index in [0.717, 1.165) is 38.5 Å². The van der Waals surface area contributed by atoms with Crippen LogP contribution in [0.25, 0.3) is 0 Å². The molecule has 4 unspecified atom stereocenters. The highest BCUT2D eigenvalue weighted by Crippen LogP contribution is 2.60. The highest BCUT2D eigenvalue weighted by Gasteiger charge is 2.55. The van der Waals surface area contributed by atoms with Gasteiger partial charge < -0.3 is 5.11 Å². The van der Waals surface area contributed by atoms with Gasteiger partial charge in [0.25, 0.3) is 0 Å². The second-order valence-electron chi connectivity index (χ2n) is 7.04. The quantitative estimate of drug-likeness (QED) is 0.791. The Bertz CT molecular complexity index is 618. The van der Waals surface area contributed by atoms with Gasteiger partial charge in [-0.2, -0.15) is 0 Å². The van der Waals surface area contributed by atoms with Crippen molar-refractivity contribution < 1.29 is 9.90 Å². The number of hydrogen-bond acceptors (Lipinski definition) is 2. The lowest BCUT2D eigenvalue weighted by molar-refractivity contribution is -0.127. The van der Waals surface area contributed by atoms with E-state index in [4.69, 9.17) is 0 Å². The molecule has 0 aliphatic heterocycles. The van der Waals surface area contributed by atoms with Crippen molar-refractivity contribution in [3.8, 4) is 5.75 Å². The van der Waals surface area contributed by atoms with Crippen LogP contribution in [0.2, 0.25) is 0 Å². The lowest BCUT2D eigenvalue weighted by Gasteiger charge is -2.48. The van der Waals surface area contributed by atoms with Gasteiger partial charge in [-0.25, -0.2) is 0 Å². The third-order valence-electron chi connectivity index (χ3n) is 6.40. The Kier molecular flexibility index (Phi) is 2.79. The molecule has 0 saturated heterocycles. The normalized spacial score (nSPS) is 37.5. The SMILES string of the molecule is C=CC12CCC3c4ccc(O)cc4CCC3C1CCC2=O. The molecule has 4 atom stereocenters. The van der Waals surface area contributed by atoms with Crippen LogP contribution in [0, 0.1) is 17.3 Å². The molecule has 1 aromatic rings. The summed E-state index contributed by atoms with van der Waals surface area (Å²) in [5.41, 5.74) is 2.50. The zero-order chi connectivity index (χ0) is 14.6. The van der Waals surface area contributed by atoms with Crippen LogP contribution in [0.5, 0.6) is 5.75 Å². The number of aryl methyl sites for hydroxylation is 1. The Labute approximate surface area is 125 Å². The summed E-state index contributed by atoms with van der Waals surface area (Å²) in [4.78, 5) is 12.4. The molecule has 1 N–H and O–H groups in total. The van der Waals surface area contributed by atoms with Gasteiger partial charge >= 0.3 is 0 Å². The van der Waals surface area contributed by atoms with E-state index >= 15 is 0 Å². The van der Waals surface area contributed by atoms with Gasteiger partial charge in [0.2, 0.25) is 0 Å². The Morgan fingerprint density at radius 2 is 2.10 bits per heavy atom. The van der Waals surface area contributed by atoms with Crippen molar-refractivity contribution >= 4 is 5.78 Å². The number of phenols is 1. The van der Waals surface area contributed by atoms with Gasteiger partial charge in [0.05, 0.1) is 0 Å². The first-order chi connectivity index (χ1) is 10.2. The molecule has 2 heteroatoms. The van der Waals surface area contributed by atoms with E-state index in [-0.39, 0.29) is 5.41 Å². The maximum absolute atomic E-state index is 12.4. The minimum atomic E-state index is -0.227. The third-order valence-corrected chi connectivity index (χ3v) is 6.40. The average Bonchev–Trinajstić information content (AvgIpc) is 2.84. The molecular weight excluding hydrogens is 260 g/mol. The summed E-state index contributed by atoms with van der Waals surface area (Å²) in [5, 5.41) is 9.69. The van der Waals surface area contributed by atoms with Crippen molar-refractivity contribution in [2.45, 2.75) is 44.4 Å². The number of Topliss-reactive ketones (excluding diaryl/α,β-unsaturated/α-hetero) is 1. The second-order valence-corrected chi connectivity index (χ2v) is 7.04. The number of phenolic OH excluding ortho intramolecular Hbond substituents is 1. The molecule has 0 spiro atoms. The maximum atomic E-state index is 12.4. The largest absolute Gasteiger partial charge is 0.508 e. The van der Waals surface area contributed by atoms with Crippen molar-refractivity contribution in [2.75, 3.05) is 0 Å². The predicted molar refractivity (Wildman–Crippen MR) is 82.3 cm³/mol. The zero-order valence-corrected chi connectivity index (χ0v) is 12.3. The summed E-state index contributed by atoms with van der Waals surface area (Å²) in [6, 6.07) is 5.86. The van der Waals surface area contributed by atoms with Gasteiger partial charge in [-0.15, -0.1) is 6.58 Å². The van der Waals surface area contributed by atoms with Gasteiger partial charge in [-0.1, -0.05) is 12.1 Å². The molecule has 1 aromatic carbocycles. The van der Waals surface area contributed by atoms with Gasteiger partial charge in [-0.05, 0) is 73.1 Å². The summed E-state index contributed by atoms with van der Waals surface area (Å²) >= 11 is 0. The van der Waals surface area contributed by atoms with Crippen molar-refractivity contribution in [3.63, 3.8) is 0 Å². The molecule has 0 aromatic heterocycles. The number of allylic oxidation sites excluding steroid dienone is 1. The number of fused-ring (bicyclic) bond motifs is 5. The first kappa shape index (κ1) is 13.1. The lowest BCUT2D eigenvalue weighted by Crippen LogP contribution is -2.43. The molecule has 2 nitrogen and oxygen atoms in total. The Morgan fingerprint density at radius 1 is 1.24 bits per heavy atom. The minimum Gasteiger partial charge on any atom is -0.508 e. The summed E-state index contributed by atoms with van der Waals surface area (Å²) in [6.07, 6.45) is 7.97. The molecule has 110 valence electrons.